The molecule has 0 fully saturated rings. The Kier molecular flexibility index (Phi) is 37.5. The quantitative estimate of drug-likeness (QED) is 0.0197. The first-order chi connectivity index (χ1) is 27.0. The lowest BCUT2D eigenvalue weighted by atomic mass is 10.0. The van der Waals surface area contributed by atoms with Crippen molar-refractivity contribution in [3.8, 4) is 0 Å². The van der Waals surface area contributed by atoms with Gasteiger partial charge < -0.3 is 27.9 Å². The van der Waals surface area contributed by atoms with Crippen LogP contribution < -0.4 is 4.89 Å². The van der Waals surface area contributed by atoms with E-state index in [9.17, 15) is 19.0 Å². The molecule has 1 unspecified atom stereocenters. The van der Waals surface area contributed by atoms with Crippen molar-refractivity contribution in [1.29, 1.82) is 0 Å². The Bertz CT molecular complexity index is 1050. The molecule has 0 aliphatic rings. The summed E-state index contributed by atoms with van der Waals surface area (Å²) in [5, 5.41) is 0. The molecule has 0 N–H and O–H groups in total. The van der Waals surface area contributed by atoms with Gasteiger partial charge in [0.15, 0.2) is 6.10 Å². The average molecular weight is 812 g/mol. The van der Waals surface area contributed by atoms with E-state index in [1.807, 2.05) is 21.1 Å². The molecular weight excluding hydrogens is 725 g/mol. The molecule has 10 heteroatoms. The van der Waals surface area contributed by atoms with E-state index in [-0.39, 0.29) is 26.1 Å². The summed E-state index contributed by atoms with van der Waals surface area (Å²) in [4.78, 5) is 37.5. The lowest BCUT2D eigenvalue weighted by Crippen LogP contribution is -2.37. The smallest absolute Gasteiger partial charge is 0.306 e. The Morgan fingerprint density at radius 3 is 1.46 bits per heavy atom. The predicted molar refractivity (Wildman–Crippen MR) is 231 cm³/mol. The van der Waals surface area contributed by atoms with Gasteiger partial charge in [-0.25, -0.2) is 0 Å². The molecule has 328 valence electrons. The zero-order valence-electron chi connectivity index (χ0n) is 36.8. The van der Waals surface area contributed by atoms with Crippen molar-refractivity contribution in [2.45, 2.75) is 200 Å². The zero-order chi connectivity index (χ0) is 41.4. The minimum Gasteiger partial charge on any atom is -0.756 e. The Morgan fingerprint density at radius 1 is 0.554 bits per heavy atom. The van der Waals surface area contributed by atoms with Gasteiger partial charge in [0.1, 0.15) is 19.8 Å². The van der Waals surface area contributed by atoms with Gasteiger partial charge in [-0.05, 0) is 51.4 Å². The number of ether oxygens (including phenoxy) is 2. The third-order valence-corrected chi connectivity index (χ3v) is 10.6. The van der Waals surface area contributed by atoms with Gasteiger partial charge in [-0.1, -0.05) is 166 Å². The third-order valence-electron chi connectivity index (χ3n) is 9.66. The van der Waals surface area contributed by atoms with Crippen LogP contribution in [0.4, 0.5) is 0 Å². The summed E-state index contributed by atoms with van der Waals surface area (Å²) in [6.07, 6.45) is 43.1. The van der Waals surface area contributed by atoms with E-state index in [2.05, 4.69) is 50.3 Å². The molecule has 0 aromatic heterocycles. The van der Waals surface area contributed by atoms with Gasteiger partial charge in [-0.15, -0.1) is 0 Å². The molecule has 0 aromatic carbocycles. The highest BCUT2D eigenvalue weighted by Crippen LogP contribution is 2.38. The first-order valence-corrected chi connectivity index (χ1v) is 24.2. The lowest BCUT2D eigenvalue weighted by Gasteiger charge is -2.28. The summed E-state index contributed by atoms with van der Waals surface area (Å²) < 4.78 is 33.9. The summed E-state index contributed by atoms with van der Waals surface area (Å²) in [5.74, 6) is -0.874. The van der Waals surface area contributed by atoms with Crippen LogP contribution >= 0.6 is 7.82 Å². The lowest BCUT2D eigenvalue weighted by molar-refractivity contribution is -0.870. The molecule has 56 heavy (non-hydrogen) atoms. The van der Waals surface area contributed by atoms with E-state index in [4.69, 9.17) is 18.5 Å². The molecule has 0 aromatic rings. The summed E-state index contributed by atoms with van der Waals surface area (Å²) in [7, 11) is 1.15. The molecule has 0 heterocycles. The van der Waals surface area contributed by atoms with Crippen molar-refractivity contribution in [2.24, 2.45) is 0 Å². The van der Waals surface area contributed by atoms with E-state index in [0.29, 0.717) is 23.9 Å². The SMILES string of the molecule is CCCCC/C=C\C/C=C\C/C=C\CCCCC(=O)OC[C@H](COP(=O)([O-])OCC[N+](C)(C)C)OC(=O)CCCCCCCCCCCCCCCCCCC. The molecule has 0 saturated carbocycles. The van der Waals surface area contributed by atoms with Crippen LogP contribution in [0.3, 0.4) is 0 Å². The number of phosphoric acid groups is 1. The van der Waals surface area contributed by atoms with Crippen molar-refractivity contribution in [3.05, 3.63) is 36.5 Å². The molecular formula is C46H86NO8P. The number of carbonyl (C=O) groups excluding carboxylic acids is 2. The number of unbranched alkanes of at least 4 members (excludes halogenated alkanes) is 21. The fraction of sp³-hybridized carbons (Fsp3) is 0.826. The van der Waals surface area contributed by atoms with Crippen LogP contribution in [0.1, 0.15) is 194 Å². The van der Waals surface area contributed by atoms with E-state index in [1.165, 1.54) is 103 Å². The number of allylic oxidation sites excluding steroid dienone is 6. The first kappa shape index (κ1) is 54.2. The highest BCUT2D eigenvalue weighted by molar-refractivity contribution is 7.45. The molecule has 2 atom stereocenters. The molecule has 0 aliphatic carbocycles. The molecule has 0 radical (unpaired) electrons. The second kappa shape index (κ2) is 38.7. The number of hydrogen-bond donors (Lipinski definition) is 0. The van der Waals surface area contributed by atoms with Crippen LogP contribution in [-0.4, -0.2) is 70.0 Å². The fourth-order valence-corrected chi connectivity index (χ4v) is 6.80. The number of hydrogen-bond acceptors (Lipinski definition) is 8. The van der Waals surface area contributed by atoms with Crippen molar-refractivity contribution >= 4 is 19.8 Å². The molecule has 0 rings (SSSR count). The number of phosphoric ester groups is 1. The molecule has 0 saturated heterocycles. The molecule has 0 spiro atoms. The van der Waals surface area contributed by atoms with Crippen LogP contribution in [0, 0.1) is 0 Å². The Labute approximate surface area is 344 Å². The number of nitrogens with zero attached hydrogens (tertiary/aromatic N) is 1. The van der Waals surface area contributed by atoms with Gasteiger partial charge in [-0.3, -0.25) is 14.2 Å². The van der Waals surface area contributed by atoms with Gasteiger partial charge in [0.05, 0.1) is 27.7 Å². The molecule has 9 nitrogen and oxygen atoms in total. The van der Waals surface area contributed by atoms with Crippen molar-refractivity contribution in [1.82, 2.24) is 0 Å². The minimum absolute atomic E-state index is 0.0359. The monoisotopic (exact) mass is 812 g/mol. The second-order valence-electron chi connectivity index (χ2n) is 16.4. The summed E-state index contributed by atoms with van der Waals surface area (Å²) in [6.45, 7) is 4.17. The van der Waals surface area contributed by atoms with Gasteiger partial charge >= 0.3 is 11.9 Å². The van der Waals surface area contributed by atoms with Crippen molar-refractivity contribution in [3.63, 3.8) is 0 Å². The topological polar surface area (TPSA) is 111 Å². The second-order valence-corrected chi connectivity index (χ2v) is 17.8. The number of likely N-dealkylation sites (N-methyl/N-ethyl adjacent to an activating group) is 1. The van der Waals surface area contributed by atoms with Crippen LogP contribution in [-0.2, 0) is 32.7 Å². The first-order valence-electron chi connectivity index (χ1n) is 22.7. The van der Waals surface area contributed by atoms with E-state index in [1.54, 1.807) is 0 Å². The number of rotatable bonds is 41. The maximum absolute atomic E-state index is 12.7. The van der Waals surface area contributed by atoms with E-state index in [0.717, 1.165) is 51.4 Å². The molecule has 0 bridgehead atoms. The van der Waals surface area contributed by atoms with E-state index >= 15 is 0 Å². The van der Waals surface area contributed by atoms with Gasteiger partial charge in [0.2, 0.25) is 0 Å². The van der Waals surface area contributed by atoms with Crippen LogP contribution in [0.25, 0.3) is 0 Å². The van der Waals surface area contributed by atoms with Gasteiger partial charge in [0, 0.05) is 12.8 Å². The number of esters is 2. The summed E-state index contributed by atoms with van der Waals surface area (Å²) in [5.41, 5.74) is 0. The van der Waals surface area contributed by atoms with Crippen LogP contribution in [0.5, 0.6) is 0 Å². The summed E-state index contributed by atoms with van der Waals surface area (Å²) in [6, 6.07) is 0. The largest absolute Gasteiger partial charge is 0.756 e. The predicted octanol–water partition coefficient (Wildman–Crippen LogP) is 12.3. The van der Waals surface area contributed by atoms with Crippen molar-refractivity contribution in [2.75, 3.05) is 47.5 Å². The van der Waals surface area contributed by atoms with Crippen LogP contribution in [0.2, 0.25) is 0 Å². The Morgan fingerprint density at radius 2 is 0.964 bits per heavy atom. The third kappa shape index (κ3) is 41.9. The van der Waals surface area contributed by atoms with Crippen LogP contribution in [0.15, 0.2) is 36.5 Å². The molecule has 0 aliphatic heterocycles. The Balaban J connectivity index is 4.38. The van der Waals surface area contributed by atoms with Gasteiger partial charge in [0.25, 0.3) is 7.82 Å². The molecule has 0 amide bonds. The Hall–Kier alpha value is -1.77. The maximum atomic E-state index is 12.7. The zero-order valence-corrected chi connectivity index (χ0v) is 37.7. The minimum atomic E-state index is -4.63. The maximum Gasteiger partial charge on any atom is 0.306 e. The fourth-order valence-electron chi connectivity index (χ4n) is 6.07. The van der Waals surface area contributed by atoms with Crippen molar-refractivity contribution < 1.29 is 42.1 Å². The normalized spacial score (nSPS) is 13.9. The average Bonchev–Trinajstić information content (AvgIpc) is 3.15. The highest BCUT2D eigenvalue weighted by atomic mass is 31.2. The number of quaternary nitrogens is 1. The number of carbonyl (C=O) groups is 2. The summed E-state index contributed by atoms with van der Waals surface area (Å²) >= 11 is 0. The standard InChI is InChI=1S/C46H86NO8P/c1-6-8-10-12-14-16-18-20-22-23-25-27-29-31-33-35-37-39-46(49)55-44(43-54-56(50,51)53-41-40-47(3,4)5)42-52-45(48)38-36-34-32-30-28-26-24-21-19-17-15-13-11-9-7-2/h15,17,21,24,28,30,44H,6-14,16,18-20,22-23,25-27,29,31-43H2,1-5H3/b17-15-,24-21-,30-28-/t44-/m1/s1. The van der Waals surface area contributed by atoms with Gasteiger partial charge in [-0.2, -0.15) is 0 Å². The highest BCUT2D eigenvalue weighted by Gasteiger charge is 2.21. The van der Waals surface area contributed by atoms with E-state index < -0.39 is 32.5 Å².